The highest BCUT2D eigenvalue weighted by atomic mass is 35.5. The maximum Gasteiger partial charge on any atom is 0.512 e. The molecule has 2 heterocycles. The lowest BCUT2D eigenvalue weighted by Gasteiger charge is -2.24. The van der Waals surface area contributed by atoms with Crippen LogP contribution in [0.15, 0.2) is 65.5 Å². The molecule has 1 saturated heterocycles. The van der Waals surface area contributed by atoms with Crippen LogP contribution in [0.3, 0.4) is 0 Å². The Bertz CT molecular complexity index is 1430. The number of hydrogen-bond donors (Lipinski definition) is 3. The Balaban J connectivity index is 1.53. The van der Waals surface area contributed by atoms with E-state index in [2.05, 4.69) is 15.4 Å². The van der Waals surface area contributed by atoms with E-state index in [0.29, 0.717) is 10.7 Å². The predicted octanol–water partition coefficient (Wildman–Crippen LogP) is 3.95. The van der Waals surface area contributed by atoms with Gasteiger partial charge in [0.15, 0.2) is 0 Å². The number of carbonyl (C=O) groups excluding carboxylic acids is 2. The molecular weight excluding hydrogens is 523 g/mol. The normalized spacial score (nSPS) is 16.7. The number of hydrogen-bond acceptors (Lipinski definition) is 6. The van der Waals surface area contributed by atoms with Crippen LogP contribution >= 0.6 is 11.6 Å². The molecule has 3 N–H and O–H groups in total. The Labute approximate surface area is 220 Å². The molecule has 3 amide bonds. The number of nitrogens with zero attached hydrogens (tertiary/aromatic N) is 2. The van der Waals surface area contributed by atoms with E-state index in [4.69, 9.17) is 21.4 Å². The number of urea groups is 1. The van der Waals surface area contributed by atoms with Crippen LogP contribution in [0, 0.1) is 5.82 Å². The van der Waals surface area contributed by atoms with Gasteiger partial charge in [-0.1, -0.05) is 17.7 Å². The predicted molar refractivity (Wildman–Crippen MR) is 136 cm³/mol. The number of aromatic nitrogens is 1. The number of anilines is 2. The summed E-state index contributed by atoms with van der Waals surface area (Å²) in [5, 5.41) is 14.6. The Morgan fingerprint density at radius 1 is 1.08 bits per heavy atom. The van der Waals surface area contributed by atoms with Crippen molar-refractivity contribution < 1.29 is 33.4 Å². The van der Waals surface area contributed by atoms with Crippen molar-refractivity contribution in [3.05, 3.63) is 81.9 Å². The van der Waals surface area contributed by atoms with Gasteiger partial charge in [-0.3, -0.25) is 9.59 Å². The lowest BCUT2D eigenvalue weighted by atomic mass is 10.1. The number of methoxy groups -OCH3 is 1. The number of amides is 3. The fourth-order valence-corrected chi connectivity index (χ4v) is 4.15. The minimum atomic E-state index is -1.65. The van der Waals surface area contributed by atoms with Crippen molar-refractivity contribution in [1.29, 1.82) is 0 Å². The third-order valence-electron chi connectivity index (χ3n) is 5.83. The van der Waals surface area contributed by atoms with Gasteiger partial charge in [-0.25, -0.2) is 18.5 Å². The zero-order chi connectivity index (χ0) is 27.4. The van der Waals surface area contributed by atoms with Crippen LogP contribution in [0.4, 0.5) is 25.4 Å². The van der Waals surface area contributed by atoms with Gasteiger partial charge in [0.2, 0.25) is 11.8 Å². The van der Waals surface area contributed by atoms with Crippen LogP contribution in [-0.4, -0.2) is 58.5 Å². The SMILES string of the molecule is CO[C@@H]1C[C@H](C(=O)Nc2ccc(-n3c(OC(=O)O)cccc3=O)cc2F)N(C(=O)Nc2ccc(Cl)cc2)C1. The summed E-state index contributed by atoms with van der Waals surface area (Å²) >= 11 is 5.88. The molecular formula is C25H22ClFN4O7. The quantitative estimate of drug-likeness (QED) is 0.399. The largest absolute Gasteiger partial charge is 0.512 e. The highest BCUT2D eigenvalue weighted by Crippen LogP contribution is 2.26. The molecule has 2 atom stereocenters. The van der Waals surface area contributed by atoms with Crippen molar-refractivity contribution in [2.45, 2.75) is 18.6 Å². The number of carbonyl (C=O) groups is 3. The number of halogens is 2. The van der Waals surface area contributed by atoms with Gasteiger partial charge in [0.1, 0.15) is 11.9 Å². The van der Waals surface area contributed by atoms with E-state index < -0.39 is 41.6 Å². The number of ether oxygens (including phenoxy) is 2. The average molecular weight is 545 g/mol. The summed E-state index contributed by atoms with van der Waals surface area (Å²) in [7, 11) is 1.46. The maximum atomic E-state index is 15.0. The first-order valence-electron chi connectivity index (χ1n) is 11.3. The molecule has 2 aromatic carbocycles. The van der Waals surface area contributed by atoms with E-state index in [1.165, 1.54) is 36.3 Å². The van der Waals surface area contributed by atoms with Crippen LogP contribution in [0.5, 0.6) is 5.88 Å². The topological polar surface area (TPSA) is 139 Å². The Kier molecular flexibility index (Phi) is 7.93. The fraction of sp³-hybridized carbons (Fsp3) is 0.200. The molecule has 198 valence electrons. The van der Waals surface area contributed by atoms with Crippen molar-refractivity contribution >= 4 is 41.1 Å². The van der Waals surface area contributed by atoms with E-state index in [0.717, 1.165) is 16.7 Å². The van der Waals surface area contributed by atoms with E-state index >= 15 is 4.39 Å². The van der Waals surface area contributed by atoms with Gasteiger partial charge in [0.05, 0.1) is 17.5 Å². The fourth-order valence-electron chi connectivity index (χ4n) is 4.02. The number of likely N-dealkylation sites (tertiary alicyclic amines) is 1. The summed E-state index contributed by atoms with van der Waals surface area (Å²) in [6.45, 7) is 0.138. The summed E-state index contributed by atoms with van der Waals surface area (Å²) in [4.78, 5) is 50.6. The monoisotopic (exact) mass is 544 g/mol. The minimum absolute atomic E-state index is 0.0216. The number of benzene rings is 2. The molecule has 0 spiro atoms. The average Bonchev–Trinajstić information content (AvgIpc) is 3.32. The molecule has 0 aliphatic carbocycles. The van der Waals surface area contributed by atoms with Crippen LogP contribution in [0.1, 0.15) is 6.42 Å². The van der Waals surface area contributed by atoms with E-state index in [9.17, 15) is 19.2 Å². The van der Waals surface area contributed by atoms with Crippen molar-refractivity contribution in [1.82, 2.24) is 9.47 Å². The molecule has 1 aromatic heterocycles. The van der Waals surface area contributed by atoms with E-state index in [1.54, 1.807) is 24.3 Å². The van der Waals surface area contributed by atoms with Crippen LogP contribution < -0.4 is 20.9 Å². The number of nitrogens with one attached hydrogen (secondary N) is 2. The van der Waals surface area contributed by atoms with Gasteiger partial charge in [-0.2, -0.15) is 0 Å². The molecule has 0 radical (unpaired) electrons. The summed E-state index contributed by atoms with van der Waals surface area (Å²) in [6.07, 6.45) is -1.87. The zero-order valence-electron chi connectivity index (χ0n) is 19.9. The molecule has 11 nitrogen and oxygen atoms in total. The smallest absolute Gasteiger partial charge is 0.449 e. The standard InChI is InChI=1S/C25H22ClFN4O7/c1-37-17-12-20(30(13-17)24(34)28-15-7-5-14(26)6-8-15)23(33)29-19-10-9-16(11-18(19)27)31-21(32)3-2-4-22(31)38-25(35)36/h2-11,17,20H,12-13H2,1H3,(H,28,34)(H,29,33)(H,35,36)/t17-,20-/m1/s1. The van der Waals surface area contributed by atoms with Crippen molar-refractivity contribution in [3.63, 3.8) is 0 Å². The second-order valence-electron chi connectivity index (χ2n) is 8.26. The first kappa shape index (κ1) is 26.6. The molecule has 4 rings (SSSR count). The molecule has 3 aromatic rings. The minimum Gasteiger partial charge on any atom is -0.449 e. The number of rotatable bonds is 6. The van der Waals surface area contributed by atoms with Gasteiger partial charge < -0.3 is 30.1 Å². The first-order valence-corrected chi connectivity index (χ1v) is 11.6. The summed E-state index contributed by atoms with van der Waals surface area (Å²) < 4.78 is 25.8. The first-order chi connectivity index (χ1) is 18.2. The lowest BCUT2D eigenvalue weighted by Crippen LogP contribution is -2.45. The van der Waals surface area contributed by atoms with Crippen LogP contribution in [0.25, 0.3) is 5.69 Å². The van der Waals surface area contributed by atoms with Crippen molar-refractivity contribution in [3.8, 4) is 11.6 Å². The van der Waals surface area contributed by atoms with Crippen LogP contribution in [-0.2, 0) is 9.53 Å². The second kappa shape index (κ2) is 11.3. The Morgan fingerprint density at radius 2 is 1.82 bits per heavy atom. The van der Waals surface area contributed by atoms with Gasteiger partial charge >= 0.3 is 12.2 Å². The number of pyridine rings is 1. The summed E-state index contributed by atoms with van der Waals surface area (Å²) in [6, 6.07) is 12.1. The van der Waals surface area contributed by atoms with Crippen molar-refractivity contribution in [2.75, 3.05) is 24.3 Å². The molecule has 0 saturated carbocycles. The second-order valence-corrected chi connectivity index (χ2v) is 8.69. The molecule has 13 heteroatoms. The highest BCUT2D eigenvalue weighted by molar-refractivity contribution is 6.30. The molecule has 1 fully saturated rings. The molecule has 0 unspecified atom stereocenters. The third-order valence-corrected chi connectivity index (χ3v) is 6.09. The molecule has 38 heavy (non-hydrogen) atoms. The van der Waals surface area contributed by atoms with Gasteiger partial charge in [0.25, 0.3) is 5.56 Å². The van der Waals surface area contributed by atoms with Gasteiger partial charge in [-0.15, -0.1) is 0 Å². The van der Waals surface area contributed by atoms with Gasteiger partial charge in [0, 0.05) is 42.9 Å². The Hall–Kier alpha value is -4.42. The zero-order valence-corrected chi connectivity index (χ0v) is 20.6. The van der Waals surface area contributed by atoms with E-state index in [1.807, 2.05) is 0 Å². The maximum absolute atomic E-state index is 15.0. The third kappa shape index (κ3) is 5.93. The van der Waals surface area contributed by atoms with Crippen LogP contribution in [0.2, 0.25) is 5.02 Å². The van der Waals surface area contributed by atoms with Crippen molar-refractivity contribution in [2.24, 2.45) is 0 Å². The Morgan fingerprint density at radius 3 is 2.47 bits per heavy atom. The molecule has 1 aliphatic heterocycles. The van der Waals surface area contributed by atoms with Gasteiger partial charge in [-0.05, 0) is 42.5 Å². The molecule has 0 bridgehead atoms. The molecule has 1 aliphatic rings. The lowest BCUT2D eigenvalue weighted by molar-refractivity contribution is -0.119. The summed E-state index contributed by atoms with van der Waals surface area (Å²) in [5.74, 6) is -1.87. The number of carboxylic acid groups (broad SMARTS) is 1. The summed E-state index contributed by atoms with van der Waals surface area (Å²) in [5.41, 5.74) is -0.406. The highest BCUT2D eigenvalue weighted by Gasteiger charge is 2.40. The van der Waals surface area contributed by atoms with E-state index in [-0.39, 0.29) is 30.2 Å².